The number of amides is 2. The highest BCUT2D eigenvalue weighted by atomic mass is 16.2. The van der Waals surface area contributed by atoms with E-state index >= 15 is 0 Å². The van der Waals surface area contributed by atoms with Crippen LogP contribution in [0, 0.1) is 0 Å². The summed E-state index contributed by atoms with van der Waals surface area (Å²) in [6.07, 6.45) is 7.88. The first-order valence-electron chi connectivity index (χ1n) is 10.4. The van der Waals surface area contributed by atoms with Gasteiger partial charge in [0.25, 0.3) is 5.91 Å². The van der Waals surface area contributed by atoms with E-state index in [0.717, 1.165) is 32.4 Å². The first kappa shape index (κ1) is 19.4. The monoisotopic (exact) mass is 393 g/mol. The number of carbonyl (C=O) groups is 2. The zero-order valence-corrected chi connectivity index (χ0v) is 16.6. The number of hydrogen-bond donors (Lipinski definition) is 1. The number of nitrogens with one attached hydrogen (secondary N) is 1. The Bertz CT molecular complexity index is 834. The molecule has 152 valence electrons. The Balaban J connectivity index is 1.28. The number of carbonyl (C=O) groups excluding carboxylic acids is 2. The topological polar surface area (TPSA) is 78.4 Å². The highest BCUT2D eigenvalue weighted by Gasteiger charge is 2.30. The van der Waals surface area contributed by atoms with Crippen molar-refractivity contribution in [1.29, 1.82) is 0 Å². The number of nitrogens with zero attached hydrogens (tertiary/aromatic N) is 4. The first-order chi connectivity index (χ1) is 14.2. The van der Waals surface area contributed by atoms with E-state index in [2.05, 4.69) is 32.3 Å². The Kier molecular flexibility index (Phi) is 6.03. The minimum absolute atomic E-state index is 0.0860. The third-order valence-electron chi connectivity index (χ3n) is 5.60. The van der Waals surface area contributed by atoms with Crippen molar-refractivity contribution in [3.8, 4) is 0 Å². The highest BCUT2D eigenvalue weighted by Crippen LogP contribution is 2.16. The second kappa shape index (κ2) is 9.03. The van der Waals surface area contributed by atoms with Crippen molar-refractivity contribution in [2.45, 2.75) is 38.1 Å². The standard InChI is InChI=1S/C22H27N5O2/c28-20-13-19(16-27(20)12-9-17-7-3-1-4-8-17)25-21(29)18-14-23-22(24-15-18)26-10-5-2-6-11-26/h1,3-4,7-8,14-15,19H,2,5-6,9-13,16H2,(H,25,29). The molecule has 29 heavy (non-hydrogen) atoms. The first-order valence-corrected chi connectivity index (χ1v) is 10.4. The molecule has 0 saturated carbocycles. The normalized spacial score (nSPS) is 19.4. The van der Waals surface area contributed by atoms with Crippen LogP contribution in [0.25, 0.3) is 0 Å². The summed E-state index contributed by atoms with van der Waals surface area (Å²) >= 11 is 0. The lowest BCUT2D eigenvalue weighted by Crippen LogP contribution is -2.37. The predicted octanol–water partition coefficient (Wildman–Crippen LogP) is 2.04. The predicted molar refractivity (Wildman–Crippen MR) is 111 cm³/mol. The molecule has 1 unspecified atom stereocenters. The van der Waals surface area contributed by atoms with Crippen LogP contribution in [0.5, 0.6) is 0 Å². The van der Waals surface area contributed by atoms with Gasteiger partial charge in [0, 0.05) is 45.0 Å². The number of anilines is 1. The van der Waals surface area contributed by atoms with Gasteiger partial charge in [-0.05, 0) is 31.2 Å². The van der Waals surface area contributed by atoms with Crippen molar-refractivity contribution in [2.24, 2.45) is 0 Å². The molecule has 2 amide bonds. The van der Waals surface area contributed by atoms with Gasteiger partial charge in [-0.25, -0.2) is 9.97 Å². The Morgan fingerprint density at radius 3 is 2.52 bits per heavy atom. The van der Waals surface area contributed by atoms with Crippen LogP contribution >= 0.6 is 0 Å². The van der Waals surface area contributed by atoms with E-state index in [1.807, 2.05) is 23.1 Å². The lowest BCUT2D eigenvalue weighted by molar-refractivity contribution is -0.127. The van der Waals surface area contributed by atoms with Gasteiger partial charge in [-0.2, -0.15) is 0 Å². The highest BCUT2D eigenvalue weighted by molar-refractivity contribution is 5.94. The summed E-state index contributed by atoms with van der Waals surface area (Å²) in [5, 5.41) is 2.96. The molecule has 0 bridgehead atoms. The Morgan fingerprint density at radius 2 is 1.79 bits per heavy atom. The molecule has 1 aromatic heterocycles. The molecule has 1 N–H and O–H groups in total. The molecule has 2 fully saturated rings. The van der Waals surface area contributed by atoms with Crippen LogP contribution in [0.1, 0.15) is 41.6 Å². The summed E-state index contributed by atoms with van der Waals surface area (Å²) in [4.78, 5) is 37.6. The molecule has 2 saturated heterocycles. The van der Waals surface area contributed by atoms with Crippen molar-refractivity contribution in [1.82, 2.24) is 20.2 Å². The van der Waals surface area contributed by atoms with E-state index in [-0.39, 0.29) is 17.9 Å². The number of piperidine rings is 1. The van der Waals surface area contributed by atoms with Gasteiger partial charge in [0.1, 0.15) is 0 Å². The molecule has 7 nitrogen and oxygen atoms in total. The van der Waals surface area contributed by atoms with Crippen LogP contribution in [0.15, 0.2) is 42.7 Å². The summed E-state index contributed by atoms with van der Waals surface area (Å²) in [7, 11) is 0. The summed E-state index contributed by atoms with van der Waals surface area (Å²) in [5.41, 5.74) is 1.64. The maximum atomic E-state index is 12.5. The third kappa shape index (κ3) is 4.91. The summed E-state index contributed by atoms with van der Waals surface area (Å²) in [6, 6.07) is 9.94. The second-order valence-electron chi connectivity index (χ2n) is 7.77. The zero-order valence-electron chi connectivity index (χ0n) is 16.6. The zero-order chi connectivity index (χ0) is 20.1. The SMILES string of the molecule is O=C(NC1CC(=O)N(CCc2ccccc2)C1)c1cnc(N2CCCCC2)nc1. The van der Waals surface area contributed by atoms with Gasteiger partial charge in [0.15, 0.2) is 0 Å². The van der Waals surface area contributed by atoms with Gasteiger partial charge in [-0.15, -0.1) is 0 Å². The maximum Gasteiger partial charge on any atom is 0.254 e. The Morgan fingerprint density at radius 1 is 1.07 bits per heavy atom. The van der Waals surface area contributed by atoms with Crippen molar-refractivity contribution in [2.75, 3.05) is 31.1 Å². The van der Waals surface area contributed by atoms with Crippen molar-refractivity contribution < 1.29 is 9.59 Å². The lowest BCUT2D eigenvalue weighted by Gasteiger charge is -2.26. The van der Waals surface area contributed by atoms with Crippen molar-refractivity contribution in [3.05, 3.63) is 53.9 Å². The number of rotatable bonds is 6. The largest absolute Gasteiger partial charge is 0.347 e. The van der Waals surface area contributed by atoms with Crippen LogP contribution < -0.4 is 10.2 Å². The van der Waals surface area contributed by atoms with Crippen LogP contribution in [-0.2, 0) is 11.2 Å². The van der Waals surface area contributed by atoms with Crippen LogP contribution in [-0.4, -0.2) is 58.9 Å². The quantitative estimate of drug-likeness (QED) is 0.813. The van der Waals surface area contributed by atoms with Gasteiger partial charge in [0.05, 0.1) is 11.6 Å². The number of likely N-dealkylation sites (tertiary alicyclic amines) is 1. The molecule has 3 heterocycles. The molecule has 1 aromatic carbocycles. The summed E-state index contributed by atoms with van der Waals surface area (Å²) in [5.74, 6) is 0.546. The smallest absolute Gasteiger partial charge is 0.254 e. The molecule has 4 rings (SSSR count). The lowest BCUT2D eigenvalue weighted by atomic mass is 10.1. The van der Waals surface area contributed by atoms with Gasteiger partial charge < -0.3 is 15.1 Å². The fraction of sp³-hybridized carbons (Fsp3) is 0.455. The van der Waals surface area contributed by atoms with Crippen LogP contribution in [0.2, 0.25) is 0 Å². The van der Waals surface area contributed by atoms with E-state index < -0.39 is 0 Å². The molecule has 2 aliphatic heterocycles. The number of aromatic nitrogens is 2. The number of hydrogen-bond acceptors (Lipinski definition) is 5. The van der Waals surface area contributed by atoms with Gasteiger partial charge >= 0.3 is 0 Å². The molecule has 0 spiro atoms. The second-order valence-corrected chi connectivity index (χ2v) is 7.77. The van der Waals surface area contributed by atoms with Crippen molar-refractivity contribution >= 4 is 17.8 Å². The van der Waals surface area contributed by atoms with E-state index in [1.165, 1.54) is 12.0 Å². The average molecular weight is 393 g/mol. The van der Waals surface area contributed by atoms with E-state index in [9.17, 15) is 9.59 Å². The molecule has 0 aliphatic carbocycles. The molecule has 2 aromatic rings. The average Bonchev–Trinajstić information content (AvgIpc) is 3.12. The third-order valence-corrected chi connectivity index (χ3v) is 5.60. The Labute approximate surface area is 171 Å². The van der Waals surface area contributed by atoms with Crippen LogP contribution in [0.4, 0.5) is 5.95 Å². The molecule has 0 radical (unpaired) electrons. The minimum atomic E-state index is -0.224. The summed E-state index contributed by atoms with van der Waals surface area (Å²) in [6.45, 7) is 3.15. The van der Waals surface area contributed by atoms with Gasteiger partial charge in [-0.3, -0.25) is 9.59 Å². The number of benzene rings is 1. The molecule has 1 atom stereocenters. The van der Waals surface area contributed by atoms with Gasteiger partial charge in [-0.1, -0.05) is 30.3 Å². The summed E-state index contributed by atoms with van der Waals surface area (Å²) < 4.78 is 0. The van der Waals surface area contributed by atoms with Crippen molar-refractivity contribution in [3.63, 3.8) is 0 Å². The molecular formula is C22H27N5O2. The van der Waals surface area contributed by atoms with E-state index in [4.69, 9.17) is 0 Å². The molecule has 7 heteroatoms. The van der Waals surface area contributed by atoms with Gasteiger partial charge in [0.2, 0.25) is 11.9 Å². The fourth-order valence-electron chi connectivity index (χ4n) is 3.96. The minimum Gasteiger partial charge on any atom is -0.347 e. The fourth-order valence-corrected chi connectivity index (χ4v) is 3.96. The van der Waals surface area contributed by atoms with E-state index in [1.54, 1.807) is 12.4 Å². The van der Waals surface area contributed by atoms with E-state index in [0.29, 0.717) is 31.0 Å². The molecule has 2 aliphatic rings. The van der Waals surface area contributed by atoms with Crippen LogP contribution in [0.3, 0.4) is 0 Å². The Hall–Kier alpha value is -2.96. The molecular weight excluding hydrogens is 366 g/mol. The maximum absolute atomic E-state index is 12.5.